The summed E-state index contributed by atoms with van der Waals surface area (Å²) in [7, 11) is 0. The molecule has 0 aliphatic heterocycles. The number of benzene rings is 2. The molecule has 0 aromatic heterocycles. The van der Waals surface area contributed by atoms with Gasteiger partial charge in [-0.15, -0.1) is 0 Å². The molecule has 0 fully saturated rings. The third kappa shape index (κ3) is 3.43. The molecular weight excluding hydrogens is 248 g/mol. The van der Waals surface area contributed by atoms with E-state index in [4.69, 9.17) is 0 Å². The number of hydrogen-bond acceptors (Lipinski definition) is 2. The molecule has 0 heterocycles. The Bertz CT molecular complexity index is 666. The summed E-state index contributed by atoms with van der Waals surface area (Å²) in [5.74, 6) is 0.423. The molecule has 2 nitrogen and oxygen atoms in total. The van der Waals surface area contributed by atoms with E-state index in [1.165, 1.54) is 0 Å². The highest BCUT2D eigenvalue weighted by Crippen LogP contribution is 2.20. The van der Waals surface area contributed by atoms with Crippen molar-refractivity contribution in [2.45, 2.75) is 13.8 Å². The van der Waals surface area contributed by atoms with Crippen LogP contribution >= 0.6 is 0 Å². The molecule has 2 N–H and O–H groups in total. The largest absolute Gasteiger partial charge is 0.507 e. The Morgan fingerprint density at radius 2 is 1.15 bits per heavy atom. The van der Waals surface area contributed by atoms with Crippen LogP contribution in [-0.2, 0) is 0 Å². The van der Waals surface area contributed by atoms with Crippen LogP contribution in [0.2, 0.25) is 0 Å². The highest BCUT2D eigenvalue weighted by atomic mass is 16.3. The molecule has 0 bridgehead atoms. The van der Waals surface area contributed by atoms with Crippen molar-refractivity contribution in [3.8, 4) is 11.5 Å². The highest BCUT2D eigenvalue weighted by Gasteiger charge is 1.96. The average molecular weight is 264 g/mol. The first-order valence-corrected chi connectivity index (χ1v) is 6.33. The van der Waals surface area contributed by atoms with Gasteiger partial charge in [0, 0.05) is 11.1 Å². The molecular formula is C18H16O2. The van der Waals surface area contributed by atoms with Crippen LogP contribution in [-0.4, -0.2) is 10.2 Å². The summed E-state index contributed by atoms with van der Waals surface area (Å²) < 4.78 is 0. The first-order valence-electron chi connectivity index (χ1n) is 6.33. The number of aryl methyl sites for hydroxylation is 2. The maximum Gasteiger partial charge on any atom is 0.123 e. The van der Waals surface area contributed by atoms with Gasteiger partial charge in [0.25, 0.3) is 0 Å². The second-order valence-electron chi connectivity index (χ2n) is 4.70. The Kier molecular flexibility index (Phi) is 4.12. The van der Waals surface area contributed by atoms with Crippen molar-refractivity contribution in [2.75, 3.05) is 0 Å². The fraction of sp³-hybridized carbons (Fsp3) is 0.111. The van der Waals surface area contributed by atoms with Crippen LogP contribution in [0.15, 0.2) is 47.9 Å². The number of phenolic OH excluding ortho intramolecular Hbond substituents is 2. The van der Waals surface area contributed by atoms with Crippen molar-refractivity contribution in [1.29, 1.82) is 0 Å². The minimum Gasteiger partial charge on any atom is -0.507 e. The standard InChI is InChI=1S/C18H16O2/c1-13-7-9-17(19)15(11-13)5-3-4-6-16-12-14(2)8-10-18(16)20/h5-12,19-20H,1-2H3. The van der Waals surface area contributed by atoms with E-state index in [2.05, 4.69) is 11.5 Å². The lowest BCUT2D eigenvalue weighted by atomic mass is 10.1. The van der Waals surface area contributed by atoms with Gasteiger partial charge in [-0.2, -0.15) is 0 Å². The molecule has 2 rings (SSSR count). The third-order valence-electron chi connectivity index (χ3n) is 2.90. The van der Waals surface area contributed by atoms with Gasteiger partial charge in [-0.1, -0.05) is 34.7 Å². The molecule has 2 aromatic rings. The lowest BCUT2D eigenvalue weighted by Gasteiger charge is -1.98. The van der Waals surface area contributed by atoms with E-state index in [1.54, 1.807) is 24.3 Å². The van der Waals surface area contributed by atoms with Crippen LogP contribution in [0.25, 0.3) is 12.2 Å². The minimum atomic E-state index is 0.211. The molecule has 0 radical (unpaired) electrons. The summed E-state index contributed by atoms with van der Waals surface area (Å²) in [5.41, 5.74) is 9.25. The molecule has 20 heavy (non-hydrogen) atoms. The Balaban J connectivity index is 2.32. The van der Waals surface area contributed by atoms with Gasteiger partial charge in [-0.3, -0.25) is 0 Å². The van der Waals surface area contributed by atoms with E-state index < -0.39 is 0 Å². The summed E-state index contributed by atoms with van der Waals surface area (Å²) in [5, 5.41) is 19.4. The van der Waals surface area contributed by atoms with Crippen LogP contribution in [0.4, 0.5) is 0 Å². The molecule has 2 heteroatoms. The van der Waals surface area contributed by atoms with E-state index in [9.17, 15) is 10.2 Å². The smallest absolute Gasteiger partial charge is 0.123 e. The van der Waals surface area contributed by atoms with E-state index in [1.807, 2.05) is 38.1 Å². The number of phenols is 2. The SMILES string of the molecule is Cc1ccc(O)c(C=C=C=Cc2cc(C)ccc2O)c1. The number of aromatic hydroxyl groups is 2. The zero-order valence-corrected chi connectivity index (χ0v) is 11.5. The van der Waals surface area contributed by atoms with Gasteiger partial charge in [0.15, 0.2) is 0 Å². The molecule has 0 unspecified atom stereocenters. The van der Waals surface area contributed by atoms with Gasteiger partial charge in [-0.25, -0.2) is 0 Å². The van der Waals surface area contributed by atoms with Gasteiger partial charge in [0.05, 0.1) is 0 Å². The van der Waals surface area contributed by atoms with Gasteiger partial charge in [-0.05, 0) is 50.3 Å². The van der Waals surface area contributed by atoms with Gasteiger partial charge in [0.2, 0.25) is 0 Å². The lowest BCUT2D eigenvalue weighted by Crippen LogP contribution is -1.76. The lowest BCUT2D eigenvalue weighted by molar-refractivity contribution is 0.473. The summed E-state index contributed by atoms with van der Waals surface area (Å²) in [6.45, 7) is 3.92. The number of rotatable bonds is 2. The molecule has 100 valence electrons. The van der Waals surface area contributed by atoms with Crippen LogP contribution in [0.3, 0.4) is 0 Å². The topological polar surface area (TPSA) is 40.5 Å². The molecule has 0 saturated heterocycles. The quantitative estimate of drug-likeness (QED) is 0.798. The molecule has 0 amide bonds. The van der Waals surface area contributed by atoms with Crippen LogP contribution in [0.5, 0.6) is 11.5 Å². The average Bonchev–Trinajstić information content (AvgIpc) is 2.42. The molecule has 2 aromatic carbocycles. The van der Waals surface area contributed by atoms with E-state index in [0.717, 1.165) is 11.1 Å². The monoisotopic (exact) mass is 264 g/mol. The molecule has 0 saturated carbocycles. The molecule has 0 atom stereocenters. The van der Waals surface area contributed by atoms with Crippen LogP contribution in [0, 0.1) is 13.8 Å². The van der Waals surface area contributed by atoms with Gasteiger partial charge in [0.1, 0.15) is 11.5 Å². The molecule has 0 aliphatic carbocycles. The Morgan fingerprint density at radius 1 is 0.750 bits per heavy atom. The minimum absolute atomic E-state index is 0.211. The summed E-state index contributed by atoms with van der Waals surface area (Å²) in [4.78, 5) is 0. The van der Waals surface area contributed by atoms with Crippen molar-refractivity contribution in [2.24, 2.45) is 0 Å². The van der Waals surface area contributed by atoms with E-state index in [0.29, 0.717) is 11.1 Å². The van der Waals surface area contributed by atoms with Crippen molar-refractivity contribution >= 4 is 12.2 Å². The van der Waals surface area contributed by atoms with Gasteiger partial charge >= 0.3 is 0 Å². The zero-order chi connectivity index (χ0) is 14.5. The first-order chi connectivity index (χ1) is 9.56. The van der Waals surface area contributed by atoms with Gasteiger partial charge < -0.3 is 10.2 Å². The second kappa shape index (κ2) is 5.99. The summed E-state index contributed by atoms with van der Waals surface area (Å²) >= 11 is 0. The Hall–Kier alpha value is -2.66. The van der Waals surface area contributed by atoms with Crippen molar-refractivity contribution in [1.82, 2.24) is 0 Å². The fourth-order valence-corrected chi connectivity index (χ4v) is 1.82. The summed E-state index contributed by atoms with van der Waals surface area (Å²) in [6.07, 6.45) is 3.32. The second-order valence-corrected chi connectivity index (χ2v) is 4.70. The maximum atomic E-state index is 9.68. The predicted octanol–water partition coefficient (Wildman–Crippen LogP) is 4.20. The van der Waals surface area contributed by atoms with E-state index >= 15 is 0 Å². The van der Waals surface area contributed by atoms with Crippen LogP contribution in [0.1, 0.15) is 22.3 Å². The third-order valence-corrected chi connectivity index (χ3v) is 2.90. The first kappa shape index (κ1) is 13.8. The maximum absolute atomic E-state index is 9.68. The number of hydrogen-bond donors (Lipinski definition) is 2. The van der Waals surface area contributed by atoms with Crippen molar-refractivity contribution in [3.05, 3.63) is 70.1 Å². The Labute approximate surface area is 118 Å². The van der Waals surface area contributed by atoms with E-state index in [-0.39, 0.29) is 11.5 Å². The van der Waals surface area contributed by atoms with Crippen molar-refractivity contribution in [3.63, 3.8) is 0 Å². The zero-order valence-electron chi connectivity index (χ0n) is 11.5. The molecule has 0 aliphatic rings. The summed E-state index contributed by atoms with van der Waals surface area (Å²) in [6, 6.07) is 10.7. The molecule has 0 spiro atoms. The van der Waals surface area contributed by atoms with Crippen LogP contribution < -0.4 is 0 Å². The predicted molar refractivity (Wildman–Crippen MR) is 81.6 cm³/mol. The normalized spacial score (nSPS) is 9.50. The van der Waals surface area contributed by atoms with Crippen molar-refractivity contribution < 1.29 is 10.2 Å². The highest BCUT2D eigenvalue weighted by molar-refractivity contribution is 5.60. The fourth-order valence-electron chi connectivity index (χ4n) is 1.82. The Morgan fingerprint density at radius 3 is 1.55 bits per heavy atom.